The Morgan fingerprint density at radius 1 is 0.885 bits per heavy atom. The Bertz CT molecular complexity index is 1020. The van der Waals surface area contributed by atoms with Gasteiger partial charge in [0.25, 0.3) is 0 Å². The summed E-state index contributed by atoms with van der Waals surface area (Å²) in [6.45, 7) is 0.394. The molecule has 6 heteroatoms. The molecule has 0 aliphatic heterocycles. The third-order valence-corrected chi connectivity index (χ3v) is 3.79. The van der Waals surface area contributed by atoms with Crippen molar-refractivity contribution < 1.29 is 9.13 Å². The van der Waals surface area contributed by atoms with Crippen molar-refractivity contribution in [2.75, 3.05) is 0 Å². The number of benzene rings is 3. The molecule has 0 aliphatic rings. The van der Waals surface area contributed by atoms with Crippen molar-refractivity contribution in [1.82, 2.24) is 20.2 Å². The molecule has 26 heavy (non-hydrogen) atoms. The van der Waals surface area contributed by atoms with Gasteiger partial charge >= 0.3 is 0 Å². The molecule has 0 aliphatic carbocycles. The highest BCUT2D eigenvalue weighted by molar-refractivity contribution is 5.53. The second-order valence-corrected chi connectivity index (χ2v) is 5.68. The molecule has 0 radical (unpaired) electrons. The molecule has 0 unspecified atom stereocenters. The average Bonchev–Trinajstić information content (AvgIpc) is 3.13. The standard InChI is InChI=1S/C20H15FN4O/c21-17-9-6-8-15(13-17)20-22-24-25(23-20)14-16-7-4-5-12-19(16)26-18-10-2-1-3-11-18/h1-13H,14H2. The molecule has 0 spiro atoms. The summed E-state index contributed by atoms with van der Waals surface area (Å²) in [6.07, 6.45) is 0. The Balaban J connectivity index is 1.57. The zero-order valence-corrected chi connectivity index (χ0v) is 13.8. The topological polar surface area (TPSA) is 52.8 Å². The number of aromatic nitrogens is 4. The van der Waals surface area contributed by atoms with Crippen molar-refractivity contribution in [1.29, 1.82) is 0 Å². The van der Waals surface area contributed by atoms with Crippen LogP contribution in [0.25, 0.3) is 11.4 Å². The van der Waals surface area contributed by atoms with E-state index in [-0.39, 0.29) is 5.82 Å². The molecule has 0 N–H and O–H groups in total. The molecular weight excluding hydrogens is 331 g/mol. The highest BCUT2D eigenvalue weighted by Crippen LogP contribution is 2.25. The van der Waals surface area contributed by atoms with Gasteiger partial charge in [-0.05, 0) is 35.5 Å². The molecule has 128 valence electrons. The monoisotopic (exact) mass is 346 g/mol. The highest BCUT2D eigenvalue weighted by atomic mass is 19.1. The van der Waals surface area contributed by atoms with E-state index in [1.165, 1.54) is 16.9 Å². The number of hydrogen-bond acceptors (Lipinski definition) is 4. The summed E-state index contributed by atoms with van der Waals surface area (Å²) in [5.74, 6) is 1.53. The zero-order valence-electron chi connectivity index (χ0n) is 13.8. The number of tetrazole rings is 1. The van der Waals surface area contributed by atoms with Crippen molar-refractivity contribution in [3.05, 3.63) is 90.2 Å². The molecule has 0 saturated heterocycles. The Morgan fingerprint density at radius 3 is 2.54 bits per heavy atom. The van der Waals surface area contributed by atoms with Crippen molar-refractivity contribution in [2.45, 2.75) is 6.54 Å². The maximum Gasteiger partial charge on any atom is 0.205 e. The van der Waals surface area contributed by atoms with Gasteiger partial charge in [-0.15, -0.1) is 10.2 Å². The first-order valence-electron chi connectivity index (χ1n) is 8.12. The average molecular weight is 346 g/mol. The molecule has 4 rings (SSSR count). The van der Waals surface area contributed by atoms with Crippen molar-refractivity contribution in [2.24, 2.45) is 0 Å². The summed E-state index contributed by atoms with van der Waals surface area (Å²) >= 11 is 0. The van der Waals surface area contributed by atoms with Gasteiger partial charge in [-0.1, -0.05) is 48.5 Å². The van der Waals surface area contributed by atoms with Crippen LogP contribution in [0.1, 0.15) is 5.56 Å². The number of rotatable bonds is 5. The maximum absolute atomic E-state index is 13.4. The molecule has 1 aromatic heterocycles. The van der Waals surface area contributed by atoms with Crippen LogP contribution in [-0.2, 0) is 6.54 Å². The van der Waals surface area contributed by atoms with Gasteiger partial charge in [0.2, 0.25) is 5.82 Å². The lowest BCUT2D eigenvalue weighted by molar-refractivity contribution is 0.466. The first-order valence-corrected chi connectivity index (χ1v) is 8.12. The summed E-state index contributed by atoms with van der Waals surface area (Å²) in [6, 6.07) is 23.4. The molecule has 0 fully saturated rings. The minimum absolute atomic E-state index is 0.333. The van der Waals surface area contributed by atoms with E-state index >= 15 is 0 Å². The Kier molecular flexibility index (Phi) is 4.38. The summed E-state index contributed by atoms with van der Waals surface area (Å²) in [5.41, 5.74) is 1.50. The maximum atomic E-state index is 13.4. The van der Waals surface area contributed by atoms with Crippen LogP contribution < -0.4 is 4.74 Å². The zero-order chi connectivity index (χ0) is 17.8. The molecule has 5 nitrogen and oxygen atoms in total. The van der Waals surface area contributed by atoms with Gasteiger partial charge in [0, 0.05) is 11.1 Å². The molecule has 1 heterocycles. The molecule has 0 atom stereocenters. The number of nitrogens with zero attached hydrogens (tertiary/aromatic N) is 4. The molecule has 0 amide bonds. The molecule has 3 aromatic carbocycles. The smallest absolute Gasteiger partial charge is 0.205 e. The predicted molar refractivity (Wildman–Crippen MR) is 95.3 cm³/mol. The summed E-state index contributed by atoms with van der Waals surface area (Å²) < 4.78 is 19.3. The normalized spacial score (nSPS) is 10.7. The number of para-hydroxylation sites is 2. The lowest BCUT2D eigenvalue weighted by Crippen LogP contribution is -2.05. The SMILES string of the molecule is Fc1cccc(-c2nnn(Cc3ccccc3Oc3ccccc3)n2)c1. The first kappa shape index (κ1) is 16.0. The van der Waals surface area contributed by atoms with E-state index in [0.717, 1.165) is 17.1 Å². The fourth-order valence-electron chi connectivity index (χ4n) is 2.56. The van der Waals surface area contributed by atoms with Crippen LogP contribution in [0.15, 0.2) is 78.9 Å². The van der Waals surface area contributed by atoms with E-state index in [4.69, 9.17) is 4.74 Å². The number of ether oxygens (including phenoxy) is 1. The third-order valence-electron chi connectivity index (χ3n) is 3.79. The lowest BCUT2D eigenvalue weighted by Gasteiger charge is -2.10. The summed E-state index contributed by atoms with van der Waals surface area (Å²) in [7, 11) is 0. The Hall–Kier alpha value is -3.54. The number of hydrogen-bond donors (Lipinski definition) is 0. The second kappa shape index (κ2) is 7.14. The van der Waals surface area contributed by atoms with Gasteiger partial charge in [0.05, 0.1) is 6.54 Å². The van der Waals surface area contributed by atoms with Gasteiger partial charge in [-0.2, -0.15) is 4.80 Å². The third kappa shape index (κ3) is 3.59. The Morgan fingerprint density at radius 2 is 1.69 bits per heavy atom. The minimum Gasteiger partial charge on any atom is -0.457 e. The fraction of sp³-hybridized carbons (Fsp3) is 0.0500. The van der Waals surface area contributed by atoms with E-state index in [2.05, 4.69) is 15.4 Å². The highest BCUT2D eigenvalue weighted by Gasteiger charge is 2.10. The minimum atomic E-state index is -0.333. The van der Waals surface area contributed by atoms with Gasteiger partial charge < -0.3 is 4.74 Å². The van der Waals surface area contributed by atoms with Crippen molar-refractivity contribution in [3.63, 3.8) is 0 Å². The van der Waals surface area contributed by atoms with E-state index in [1.807, 2.05) is 54.6 Å². The van der Waals surface area contributed by atoms with Crippen LogP contribution in [-0.4, -0.2) is 20.2 Å². The van der Waals surface area contributed by atoms with Gasteiger partial charge in [-0.3, -0.25) is 0 Å². The second-order valence-electron chi connectivity index (χ2n) is 5.68. The largest absolute Gasteiger partial charge is 0.457 e. The molecule has 0 bridgehead atoms. The van der Waals surface area contributed by atoms with Crippen LogP contribution in [0, 0.1) is 5.82 Å². The van der Waals surface area contributed by atoms with Crippen molar-refractivity contribution >= 4 is 0 Å². The van der Waals surface area contributed by atoms with Crippen molar-refractivity contribution in [3.8, 4) is 22.9 Å². The van der Waals surface area contributed by atoms with Gasteiger partial charge in [0.15, 0.2) is 0 Å². The van der Waals surface area contributed by atoms with Crippen LogP contribution in [0.4, 0.5) is 4.39 Å². The van der Waals surface area contributed by atoms with Crippen LogP contribution in [0.2, 0.25) is 0 Å². The number of halogens is 1. The van der Waals surface area contributed by atoms with E-state index in [1.54, 1.807) is 12.1 Å². The fourth-order valence-corrected chi connectivity index (χ4v) is 2.56. The van der Waals surface area contributed by atoms with E-state index in [0.29, 0.717) is 17.9 Å². The van der Waals surface area contributed by atoms with Crippen LogP contribution >= 0.6 is 0 Å². The van der Waals surface area contributed by atoms with Crippen LogP contribution in [0.3, 0.4) is 0 Å². The van der Waals surface area contributed by atoms with Gasteiger partial charge in [-0.25, -0.2) is 4.39 Å². The quantitative estimate of drug-likeness (QED) is 0.540. The van der Waals surface area contributed by atoms with Gasteiger partial charge in [0.1, 0.15) is 17.3 Å². The van der Waals surface area contributed by atoms with E-state index < -0.39 is 0 Å². The lowest BCUT2D eigenvalue weighted by atomic mass is 10.2. The predicted octanol–water partition coefficient (Wildman–Crippen LogP) is 4.32. The molecule has 4 aromatic rings. The summed E-state index contributed by atoms with van der Waals surface area (Å²) in [5, 5.41) is 12.4. The van der Waals surface area contributed by atoms with Crippen LogP contribution in [0.5, 0.6) is 11.5 Å². The molecule has 0 saturated carbocycles. The summed E-state index contributed by atoms with van der Waals surface area (Å²) in [4.78, 5) is 1.47. The first-order chi connectivity index (χ1) is 12.8. The van der Waals surface area contributed by atoms with E-state index in [9.17, 15) is 4.39 Å². The Labute approximate surface area is 149 Å². The molecular formula is C20H15FN4O.